The van der Waals surface area contributed by atoms with E-state index in [1.807, 2.05) is 11.1 Å². The molecule has 17 heavy (non-hydrogen) atoms. The fourth-order valence-corrected chi connectivity index (χ4v) is 2.71. The maximum atomic E-state index is 12.3. The van der Waals surface area contributed by atoms with E-state index < -0.39 is 0 Å². The number of nitrogens with zero attached hydrogens (tertiary/aromatic N) is 2. The van der Waals surface area contributed by atoms with Gasteiger partial charge in [0.1, 0.15) is 0 Å². The number of carbonyl (C=O) groups excluding carboxylic acids is 1. The zero-order chi connectivity index (χ0) is 12.3. The van der Waals surface area contributed by atoms with Crippen LogP contribution in [0, 0.1) is 5.92 Å². The molecule has 0 atom stereocenters. The molecule has 2 aliphatic heterocycles. The standard InChI is InChI=1S/C13H23N3O/c1-2-15-7-3-11(4-8-15)13(17)16-9-5-12(14)6-10-16/h2,11-12H,1,3-10,14H2. The zero-order valence-corrected chi connectivity index (χ0v) is 10.5. The van der Waals surface area contributed by atoms with Gasteiger partial charge in [0, 0.05) is 38.1 Å². The van der Waals surface area contributed by atoms with Crippen molar-refractivity contribution in [2.24, 2.45) is 11.7 Å². The topological polar surface area (TPSA) is 49.6 Å². The van der Waals surface area contributed by atoms with E-state index >= 15 is 0 Å². The minimum Gasteiger partial charge on any atom is -0.378 e. The van der Waals surface area contributed by atoms with Gasteiger partial charge in [0.15, 0.2) is 0 Å². The Morgan fingerprint density at radius 2 is 1.71 bits per heavy atom. The van der Waals surface area contributed by atoms with Crippen molar-refractivity contribution in [2.75, 3.05) is 26.2 Å². The van der Waals surface area contributed by atoms with Crippen LogP contribution in [0.3, 0.4) is 0 Å². The van der Waals surface area contributed by atoms with Crippen molar-refractivity contribution < 1.29 is 4.79 Å². The number of hydrogen-bond acceptors (Lipinski definition) is 3. The molecule has 2 fully saturated rings. The minimum absolute atomic E-state index is 0.223. The Bertz CT molecular complexity index is 276. The maximum Gasteiger partial charge on any atom is 0.225 e. The quantitative estimate of drug-likeness (QED) is 0.772. The number of likely N-dealkylation sites (tertiary alicyclic amines) is 2. The number of carbonyl (C=O) groups is 1. The van der Waals surface area contributed by atoms with E-state index in [1.54, 1.807) is 0 Å². The summed E-state index contributed by atoms with van der Waals surface area (Å²) >= 11 is 0. The number of piperidine rings is 2. The van der Waals surface area contributed by atoms with Gasteiger partial charge in [-0.1, -0.05) is 6.58 Å². The van der Waals surface area contributed by atoms with Gasteiger partial charge in [0.05, 0.1) is 0 Å². The van der Waals surface area contributed by atoms with Crippen molar-refractivity contribution in [3.05, 3.63) is 12.8 Å². The average molecular weight is 237 g/mol. The Labute approximate surface area is 103 Å². The summed E-state index contributed by atoms with van der Waals surface area (Å²) in [5, 5.41) is 0. The lowest BCUT2D eigenvalue weighted by Crippen LogP contribution is -2.47. The van der Waals surface area contributed by atoms with Crippen LogP contribution < -0.4 is 5.73 Å². The van der Waals surface area contributed by atoms with Crippen molar-refractivity contribution in [1.82, 2.24) is 9.80 Å². The minimum atomic E-state index is 0.223. The van der Waals surface area contributed by atoms with Gasteiger partial charge in [0.25, 0.3) is 0 Å². The molecule has 0 radical (unpaired) electrons. The zero-order valence-electron chi connectivity index (χ0n) is 10.5. The lowest BCUT2D eigenvalue weighted by molar-refractivity contribution is -0.137. The Hall–Kier alpha value is -1.03. The molecule has 2 aliphatic rings. The molecule has 2 heterocycles. The second kappa shape index (κ2) is 5.54. The molecular weight excluding hydrogens is 214 g/mol. The monoisotopic (exact) mass is 237 g/mol. The molecule has 4 nitrogen and oxygen atoms in total. The Morgan fingerprint density at radius 3 is 2.24 bits per heavy atom. The Kier molecular flexibility index (Phi) is 4.05. The molecule has 0 aliphatic carbocycles. The molecule has 0 aromatic carbocycles. The second-order valence-electron chi connectivity index (χ2n) is 5.16. The molecule has 0 aromatic rings. The van der Waals surface area contributed by atoms with Gasteiger partial charge in [-0.2, -0.15) is 0 Å². The smallest absolute Gasteiger partial charge is 0.225 e. The molecule has 1 amide bonds. The van der Waals surface area contributed by atoms with Crippen molar-refractivity contribution >= 4 is 5.91 Å². The summed E-state index contributed by atoms with van der Waals surface area (Å²) in [5.41, 5.74) is 5.86. The summed E-state index contributed by atoms with van der Waals surface area (Å²) in [6.07, 6.45) is 5.72. The van der Waals surface area contributed by atoms with Crippen LogP contribution in [-0.2, 0) is 4.79 Å². The fraction of sp³-hybridized carbons (Fsp3) is 0.769. The van der Waals surface area contributed by atoms with Crippen LogP contribution in [0.15, 0.2) is 12.8 Å². The summed E-state index contributed by atoms with van der Waals surface area (Å²) in [6, 6.07) is 0.293. The third kappa shape index (κ3) is 3.00. The summed E-state index contributed by atoms with van der Waals surface area (Å²) in [5.74, 6) is 0.570. The van der Waals surface area contributed by atoms with Gasteiger partial charge in [-0.05, 0) is 31.9 Å². The molecule has 0 unspecified atom stereocenters. The van der Waals surface area contributed by atoms with Gasteiger partial charge in [0.2, 0.25) is 5.91 Å². The highest BCUT2D eigenvalue weighted by Crippen LogP contribution is 2.21. The van der Waals surface area contributed by atoms with E-state index in [9.17, 15) is 4.79 Å². The first-order chi connectivity index (χ1) is 8.20. The number of amides is 1. The summed E-state index contributed by atoms with van der Waals surface area (Å²) in [7, 11) is 0. The molecule has 2 N–H and O–H groups in total. The first-order valence-corrected chi connectivity index (χ1v) is 6.61. The van der Waals surface area contributed by atoms with Crippen LogP contribution >= 0.6 is 0 Å². The Morgan fingerprint density at radius 1 is 1.12 bits per heavy atom. The Balaban J connectivity index is 1.82. The van der Waals surface area contributed by atoms with Gasteiger partial charge >= 0.3 is 0 Å². The van der Waals surface area contributed by atoms with E-state index in [-0.39, 0.29) is 5.92 Å². The molecule has 4 heteroatoms. The lowest BCUT2D eigenvalue weighted by Gasteiger charge is -2.36. The lowest BCUT2D eigenvalue weighted by atomic mass is 9.94. The van der Waals surface area contributed by atoms with E-state index in [0.29, 0.717) is 11.9 Å². The molecule has 2 rings (SSSR count). The normalized spacial score (nSPS) is 23.8. The highest BCUT2D eigenvalue weighted by molar-refractivity contribution is 5.79. The van der Waals surface area contributed by atoms with Gasteiger partial charge in [-0.15, -0.1) is 0 Å². The van der Waals surface area contributed by atoms with E-state index in [0.717, 1.165) is 51.9 Å². The number of hydrogen-bond donors (Lipinski definition) is 1. The van der Waals surface area contributed by atoms with Crippen molar-refractivity contribution in [1.29, 1.82) is 0 Å². The van der Waals surface area contributed by atoms with Crippen molar-refractivity contribution in [2.45, 2.75) is 31.7 Å². The summed E-state index contributed by atoms with van der Waals surface area (Å²) in [4.78, 5) is 16.5. The molecule has 0 saturated carbocycles. The van der Waals surface area contributed by atoms with E-state index in [2.05, 4.69) is 11.5 Å². The first-order valence-electron chi connectivity index (χ1n) is 6.61. The molecule has 0 spiro atoms. The fourth-order valence-electron chi connectivity index (χ4n) is 2.71. The molecule has 96 valence electrons. The average Bonchev–Trinajstić information content (AvgIpc) is 2.39. The molecule has 2 saturated heterocycles. The van der Waals surface area contributed by atoms with Crippen molar-refractivity contribution in [3.8, 4) is 0 Å². The molecular formula is C13H23N3O. The van der Waals surface area contributed by atoms with Crippen LogP contribution in [0.25, 0.3) is 0 Å². The predicted molar refractivity (Wildman–Crippen MR) is 68.3 cm³/mol. The largest absolute Gasteiger partial charge is 0.378 e. The van der Waals surface area contributed by atoms with Crippen LogP contribution in [0.4, 0.5) is 0 Å². The van der Waals surface area contributed by atoms with Crippen molar-refractivity contribution in [3.63, 3.8) is 0 Å². The summed E-state index contributed by atoms with van der Waals surface area (Å²) < 4.78 is 0. The third-order valence-corrected chi connectivity index (χ3v) is 3.99. The summed E-state index contributed by atoms with van der Waals surface area (Å²) in [6.45, 7) is 7.40. The maximum absolute atomic E-state index is 12.3. The SMILES string of the molecule is C=CN1CCC(C(=O)N2CCC(N)CC2)CC1. The second-order valence-corrected chi connectivity index (χ2v) is 5.16. The van der Waals surface area contributed by atoms with E-state index in [4.69, 9.17) is 5.73 Å². The number of rotatable bonds is 2. The molecule has 0 aromatic heterocycles. The third-order valence-electron chi connectivity index (χ3n) is 3.99. The van der Waals surface area contributed by atoms with E-state index in [1.165, 1.54) is 0 Å². The molecule has 0 bridgehead atoms. The van der Waals surface area contributed by atoms with Crippen LogP contribution in [-0.4, -0.2) is 47.9 Å². The van der Waals surface area contributed by atoms with Gasteiger partial charge in [-0.3, -0.25) is 4.79 Å². The first kappa shape index (κ1) is 12.4. The van der Waals surface area contributed by atoms with Gasteiger partial charge in [-0.25, -0.2) is 0 Å². The highest BCUT2D eigenvalue weighted by atomic mass is 16.2. The predicted octanol–water partition coefficient (Wildman–Crippen LogP) is 0.792. The van der Waals surface area contributed by atoms with Crippen LogP contribution in [0.5, 0.6) is 0 Å². The van der Waals surface area contributed by atoms with Gasteiger partial charge < -0.3 is 15.5 Å². The number of nitrogens with two attached hydrogens (primary N) is 1. The van der Waals surface area contributed by atoms with Crippen LogP contribution in [0.2, 0.25) is 0 Å². The highest BCUT2D eigenvalue weighted by Gasteiger charge is 2.29. The van der Waals surface area contributed by atoms with Crippen LogP contribution in [0.1, 0.15) is 25.7 Å².